The van der Waals surface area contributed by atoms with Crippen molar-refractivity contribution in [3.8, 4) is 0 Å². The molecule has 11 heteroatoms. The molecular weight excluding hydrogens is 377 g/mol. The van der Waals surface area contributed by atoms with Crippen molar-refractivity contribution >= 4 is 57.7 Å². The largest absolute Gasteiger partial charge is 0.384 e. The minimum absolute atomic E-state index is 0.156. The molecular formula is C4H9BBr2ClN2O4P. The molecule has 0 rings (SSSR count). The summed E-state index contributed by atoms with van der Waals surface area (Å²) in [6.45, 7) is -3.93. The molecule has 0 heterocycles. The fourth-order valence-corrected chi connectivity index (χ4v) is 3.30. The predicted octanol–water partition coefficient (Wildman–Crippen LogP) is -0.245. The van der Waals surface area contributed by atoms with Crippen molar-refractivity contribution in [2.24, 2.45) is 0 Å². The lowest BCUT2D eigenvalue weighted by Gasteiger charge is -2.30. The van der Waals surface area contributed by atoms with Crippen molar-refractivity contribution in [1.82, 2.24) is 10.2 Å². The first kappa shape index (κ1) is 16.3. The molecule has 0 bridgehead atoms. The van der Waals surface area contributed by atoms with E-state index in [0.717, 1.165) is 0 Å². The predicted molar refractivity (Wildman–Crippen MR) is 65.2 cm³/mol. The zero-order valence-corrected chi connectivity index (χ0v) is 12.1. The first-order valence-corrected chi connectivity index (χ1v) is 8.35. The number of hydrogen-bond donors (Lipinski definition) is 5. The Morgan fingerprint density at radius 2 is 1.73 bits per heavy atom. The van der Waals surface area contributed by atoms with Gasteiger partial charge in [0.25, 0.3) is 0 Å². The fourth-order valence-electron chi connectivity index (χ4n) is 0.567. The number of rotatable bonds is 6. The van der Waals surface area contributed by atoms with Crippen LogP contribution in [0, 0.1) is 0 Å². The van der Waals surface area contributed by atoms with E-state index in [1.54, 1.807) is 5.09 Å². The summed E-state index contributed by atoms with van der Waals surface area (Å²) < 4.78 is 11.5. The minimum atomic E-state index is -3.93. The van der Waals surface area contributed by atoms with Crippen LogP contribution in [0.3, 0.4) is 0 Å². The van der Waals surface area contributed by atoms with Gasteiger partial charge in [-0.2, -0.15) is 5.09 Å². The Morgan fingerprint density at radius 1 is 1.27 bits per heavy atom. The molecule has 0 aromatic rings. The van der Waals surface area contributed by atoms with Crippen LogP contribution in [0.1, 0.15) is 0 Å². The molecule has 0 aromatic carbocycles. The number of hydrogen-bond acceptors (Lipinski definition) is 4. The Kier molecular flexibility index (Phi) is 6.31. The van der Waals surface area contributed by atoms with Crippen molar-refractivity contribution < 1.29 is 19.9 Å². The monoisotopic (exact) mass is 384 g/mol. The Morgan fingerprint density at radius 3 is 2.07 bits per heavy atom. The molecule has 0 amide bonds. The summed E-state index contributed by atoms with van der Waals surface area (Å²) >= 11 is 11.0. The summed E-state index contributed by atoms with van der Waals surface area (Å²) in [6, 6.07) is 0. The van der Waals surface area contributed by atoms with Crippen LogP contribution in [-0.2, 0) is 4.57 Å². The average molecular weight is 386 g/mol. The molecule has 0 saturated heterocycles. The maximum absolute atomic E-state index is 11.5. The van der Waals surface area contributed by atoms with E-state index in [4.69, 9.17) is 29.3 Å². The van der Waals surface area contributed by atoms with Gasteiger partial charge in [0.05, 0.1) is 11.0 Å². The SMILES string of the molecule is [B]C(O)(CBr)NP(=O)(Cl)NC(O)(O)CBr. The van der Waals surface area contributed by atoms with Gasteiger partial charge in [-0.25, -0.2) is 5.09 Å². The lowest BCUT2D eigenvalue weighted by atomic mass is 9.95. The summed E-state index contributed by atoms with van der Waals surface area (Å²) in [5.41, 5.74) is -2.04. The van der Waals surface area contributed by atoms with E-state index in [0.29, 0.717) is 0 Å². The molecule has 0 aliphatic carbocycles. The molecule has 2 unspecified atom stereocenters. The highest BCUT2D eigenvalue weighted by Crippen LogP contribution is 2.45. The second-order valence-corrected chi connectivity index (χ2v) is 6.83. The molecule has 5 N–H and O–H groups in total. The van der Waals surface area contributed by atoms with E-state index < -0.39 is 18.3 Å². The van der Waals surface area contributed by atoms with E-state index >= 15 is 0 Å². The highest BCUT2D eigenvalue weighted by atomic mass is 79.9. The molecule has 2 atom stereocenters. The molecule has 0 fully saturated rings. The molecule has 88 valence electrons. The van der Waals surface area contributed by atoms with E-state index in [1.807, 2.05) is 5.09 Å². The van der Waals surface area contributed by atoms with Crippen LogP contribution in [0.15, 0.2) is 0 Å². The van der Waals surface area contributed by atoms with Gasteiger partial charge in [-0.1, -0.05) is 31.9 Å². The second-order valence-electron chi connectivity index (χ2n) is 2.76. The molecule has 0 saturated carbocycles. The third-order valence-electron chi connectivity index (χ3n) is 1.05. The third kappa shape index (κ3) is 7.30. The number of halogens is 3. The Labute approximate surface area is 110 Å². The molecule has 0 spiro atoms. The van der Waals surface area contributed by atoms with Crippen molar-refractivity contribution in [1.29, 1.82) is 0 Å². The van der Waals surface area contributed by atoms with Gasteiger partial charge in [-0.15, -0.1) is 0 Å². The topological polar surface area (TPSA) is 102 Å². The molecule has 0 aliphatic heterocycles. The zero-order valence-electron chi connectivity index (χ0n) is 7.32. The summed E-state index contributed by atoms with van der Waals surface area (Å²) in [5, 5.41) is 30.7. The van der Waals surface area contributed by atoms with Gasteiger partial charge in [0.15, 0.2) is 0 Å². The zero-order chi connectivity index (χ0) is 12.3. The van der Waals surface area contributed by atoms with Crippen LogP contribution in [0.2, 0.25) is 0 Å². The Hall–Kier alpha value is 1.34. The van der Waals surface area contributed by atoms with Gasteiger partial charge in [0, 0.05) is 5.33 Å². The van der Waals surface area contributed by atoms with E-state index in [-0.39, 0.29) is 10.7 Å². The lowest BCUT2D eigenvalue weighted by molar-refractivity contribution is -0.147. The average Bonchev–Trinajstić information content (AvgIpc) is 2.00. The smallest absolute Gasteiger partial charge is 0.305 e. The molecule has 0 aromatic heterocycles. The van der Waals surface area contributed by atoms with Gasteiger partial charge in [0.2, 0.25) is 5.91 Å². The number of nitrogens with one attached hydrogen (secondary N) is 2. The van der Waals surface area contributed by atoms with Gasteiger partial charge in [-0.3, -0.25) is 4.57 Å². The molecule has 2 radical (unpaired) electrons. The Bertz CT molecular complexity index is 247. The van der Waals surface area contributed by atoms with E-state index in [2.05, 4.69) is 31.9 Å². The van der Waals surface area contributed by atoms with Crippen LogP contribution < -0.4 is 10.2 Å². The Balaban J connectivity index is 4.51. The first-order valence-electron chi connectivity index (χ1n) is 3.50. The highest BCUT2D eigenvalue weighted by Gasteiger charge is 2.36. The normalized spacial score (nSPS) is 20.7. The second kappa shape index (κ2) is 5.79. The maximum Gasteiger partial charge on any atom is 0.305 e. The van der Waals surface area contributed by atoms with E-state index in [9.17, 15) is 9.67 Å². The maximum atomic E-state index is 11.5. The third-order valence-corrected chi connectivity index (χ3v) is 4.51. The molecule has 15 heavy (non-hydrogen) atoms. The first-order chi connectivity index (χ1) is 6.54. The van der Waals surface area contributed by atoms with Crippen LogP contribution in [0.4, 0.5) is 0 Å². The van der Waals surface area contributed by atoms with Crippen molar-refractivity contribution in [2.75, 3.05) is 10.7 Å². The summed E-state index contributed by atoms with van der Waals surface area (Å²) in [6.07, 6.45) is 0. The molecule has 6 nitrogen and oxygen atoms in total. The summed E-state index contributed by atoms with van der Waals surface area (Å²) in [5.74, 6) is -2.48. The van der Waals surface area contributed by atoms with Crippen LogP contribution in [-0.4, -0.2) is 45.4 Å². The number of alkyl halides is 2. The van der Waals surface area contributed by atoms with Crippen molar-refractivity contribution in [3.05, 3.63) is 0 Å². The molecule has 0 aliphatic rings. The highest BCUT2D eigenvalue weighted by molar-refractivity contribution is 9.09. The fraction of sp³-hybridized carbons (Fsp3) is 1.00. The van der Waals surface area contributed by atoms with Crippen LogP contribution in [0.5, 0.6) is 0 Å². The van der Waals surface area contributed by atoms with Crippen LogP contribution in [0.25, 0.3) is 0 Å². The van der Waals surface area contributed by atoms with Crippen molar-refractivity contribution in [3.63, 3.8) is 0 Å². The lowest BCUT2D eigenvalue weighted by Crippen LogP contribution is -2.51. The summed E-state index contributed by atoms with van der Waals surface area (Å²) in [7, 11) is 5.19. The quantitative estimate of drug-likeness (QED) is 0.187. The van der Waals surface area contributed by atoms with Gasteiger partial charge >= 0.3 is 6.80 Å². The van der Waals surface area contributed by atoms with E-state index in [1.165, 1.54) is 0 Å². The van der Waals surface area contributed by atoms with Crippen molar-refractivity contribution in [2.45, 2.75) is 11.5 Å². The standard InChI is InChI=1S/C4H9BBr2ClN2O4P/c5-3(11,1-6)9-15(8,14)10-4(12,13)2-7/h11-13H,1-2H2,(H2,9,10,14). The van der Waals surface area contributed by atoms with Crippen LogP contribution >= 0.6 is 49.9 Å². The van der Waals surface area contributed by atoms with Gasteiger partial charge < -0.3 is 15.3 Å². The summed E-state index contributed by atoms with van der Waals surface area (Å²) in [4.78, 5) is 0. The van der Waals surface area contributed by atoms with Gasteiger partial charge in [0.1, 0.15) is 7.85 Å². The van der Waals surface area contributed by atoms with Gasteiger partial charge in [-0.05, 0) is 11.2 Å². The minimum Gasteiger partial charge on any atom is -0.384 e. The number of aliphatic hydroxyl groups is 3.